The van der Waals surface area contributed by atoms with Crippen molar-refractivity contribution < 1.29 is 0 Å². The minimum absolute atomic E-state index is 0.750. The van der Waals surface area contributed by atoms with Crippen LogP contribution in [-0.4, -0.2) is 5.25 Å². The van der Waals surface area contributed by atoms with Crippen molar-refractivity contribution >= 4 is 132 Å². The van der Waals surface area contributed by atoms with Gasteiger partial charge >= 0.3 is 0 Å². The van der Waals surface area contributed by atoms with E-state index >= 15 is 0 Å². The van der Waals surface area contributed by atoms with Crippen molar-refractivity contribution in [3.8, 4) is 19.5 Å². The fraction of sp³-hybridized carbons (Fsp3) is 0.345. The highest BCUT2D eigenvalue weighted by Crippen LogP contribution is 2.46. The molecule has 6 heterocycles. The molecule has 0 radical (unpaired) electrons. The smallest absolute Gasteiger partial charge is 0.0455 e. The average molecular weight is 952 g/mol. The van der Waals surface area contributed by atoms with E-state index in [9.17, 15) is 0 Å². The second-order valence-electron chi connectivity index (χ2n) is 17.7. The van der Waals surface area contributed by atoms with Gasteiger partial charge in [-0.1, -0.05) is 152 Å². The van der Waals surface area contributed by atoms with Crippen LogP contribution in [0.1, 0.15) is 129 Å². The molecule has 9 aromatic rings. The molecule has 1 unspecified atom stereocenters. The highest BCUT2D eigenvalue weighted by Gasteiger charge is 2.18. The van der Waals surface area contributed by atoms with Crippen molar-refractivity contribution in [2.24, 2.45) is 0 Å². The summed E-state index contributed by atoms with van der Waals surface area (Å²) >= 11 is 11.8. The number of hydrogen-bond donors (Lipinski definition) is 0. The Morgan fingerprint density at radius 2 is 0.969 bits per heavy atom. The molecule has 5 aromatic heterocycles. The van der Waals surface area contributed by atoms with Crippen LogP contribution in [0.2, 0.25) is 0 Å². The molecule has 0 aliphatic carbocycles. The molecular formula is C58H62S6. The van der Waals surface area contributed by atoms with Crippen molar-refractivity contribution in [3.05, 3.63) is 129 Å². The molecule has 1 aliphatic heterocycles. The van der Waals surface area contributed by atoms with Gasteiger partial charge in [-0.2, -0.15) is 0 Å². The third-order valence-corrected chi connectivity index (χ3v) is 20.4. The van der Waals surface area contributed by atoms with Crippen LogP contribution in [0.3, 0.4) is 0 Å². The zero-order chi connectivity index (χ0) is 44.0. The first kappa shape index (κ1) is 45.7. The zero-order valence-corrected chi connectivity index (χ0v) is 43.1. The fourth-order valence-electron chi connectivity index (χ4n) is 9.29. The third-order valence-electron chi connectivity index (χ3n) is 12.9. The van der Waals surface area contributed by atoms with Crippen LogP contribution in [0, 0.1) is 6.92 Å². The van der Waals surface area contributed by atoms with Gasteiger partial charge in [0.2, 0.25) is 0 Å². The number of thiophene rings is 5. The molecule has 330 valence electrons. The zero-order valence-electron chi connectivity index (χ0n) is 38.2. The standard InChI is InChI=1S/C46H48S4.C12H14S2/c1-3-5-7-9-11-13-15-33-19-27-41(47-33)43-29-31-17-21-37-35-24-26-40-38(36(35)23-25-39(37)45(31)49-43)22-18-32-30-44(50-46(32)40)42-28-20-34(48-42)16-14-12-10-8-6-4-2;1-4-10-7-12(14-9(10)3)11-6-5-8(2)13-11/h17-30H,3-16H2,1-2H3;4,6-8H,1,5H2,2-3H3. The Balaban J connectivity index is 0.000000315. The number of rotatable bonds is 18. The SMILES string of the molecule is C=Cc1cc(C2=CCC(C)S2)sc1C.CCCCCCCCc1ccc(-c2cc3ccc4c5ccc6c(ccc7cc(-c8ccc(CCCCCCCC)s8)sc76)c5ccc4c3s2)s1. The Morgan fingerprint density at radius 3 is 1.44 bits per heavy atom. The van der Waals surface area contributed by atoms with Gasteiger partial charge in [0.25, 0.3) is 0 Å². The molecule has 0 nitrogen and oxygen atoms in total. The van der Waals surface area contributed by atoms with Gasteiger partial charge in [0.15, 0.2) is 0 Å². The number of thioether (sulfide) groups is 1. The maximum absolute atomic E-state index is 3.83. The molecule has 1 atom stereocenters. The summed E-state index contributed by atoms with van der Waals surface area (Å²) in [6.07, 6.45) is 24.3. The lowest BCUT2D eigenvalue weighted by Crippen LogP contribution is -1.83. The average Bonchev–Trinajstić information content (AvgIpc) is 4.18. The molecule has 0 saturated heterocycles. The van der Waals surface area contributed by atoms with Crippen LogP contribution < -0.4 is 0 Å². The van der Waals surface area contributed by atoms with E-state index < -0.39 is 0 Å². The predicted molar refractivity (Wildman–Crippen MR) is 299 cm³/mol. The van der Waals surface area contributed by atoms with E-state index in [0.29, 0.717) is 0 Å². The Morgan fingerprint density at radius 1 is 0.500 bits per heavy atom. The molecule has 0 bridgehead atoms. The Hall–Kier alpha value is -3.49. The topological polar surface area (TPSA) is 0 Å². The Kier molecular flexibility index (Phi) is 15.3. The van der Waals surface area contributed by atoms with E-state index in [1.807, 2.05) is 74.5 Å². The van der Waals surface area contributed by atoms with E-state index in [4.69, 9.17) is 0 Å². The van der Waals surface area contributed by atoms with E-state index in [2.05, 4.69) is 131 Å². The largest absolute Gasteiger partial charge is 0.139 e. The summed E-state index contributed by atoms with van der Waals surface area (Å²) in [7, 11) is 0. The predicted octanol–water partition coefficient (Wildman–Crippen LogP) is 21.4. The van der Waals surface area contributed by atoms with Crippen LogP contribution in [0.5, 0.6) is 0 Å². The van der Waals surface area contributed by atoms with Gasteiger partial charge in [-0.25, -0.2) is 0 Å². The van der Waals surface area contributed by atoms with E-state index in [1.54, 1.807) is 0 Å². The van der Waals surface area contributed by atoms with Gasteiger partial charge in [0.05, 0.1) is 0 Å². The summed E-state index contributed by atoms with van der Waals surface area (Å²) in [5, 5.41) is 11.7. The van der Waals surface area contributed by atoms with Crippen LogP contribution in [0.15, 0.2) is 104 Å². The van der Waals surface area contributed by atoms with Gasteiger partial charge in [-0.15, -0.1) is 68.4 Å². The number of benzene rings is 4. The molecule has 6 heteroatoms. The van der Waals surface area contributed by atoms with Crippen molar-refractivity contribution in [1.82, 2.24) is 0 Å². The highest BCUT2D eigenvalue weighted by molar-refractivity contribution is 8.09. The summed E-state index contributed by atoms with van der Waals surface area (Å²) in [6, 6.07) is 35.5. The van der Waals surface area contributed by atoms with Gasteiger partial charge in [0.1, 0.15) is 0 Å². The highest BCUT2D eigenvalue weighted by atomic mass is 32.2. The molecule has 4 aromatic carbocycles. The van der Waals surface area contributed by atoms with Crippen LogP contribution in [0.25, 0.3) is 83.0 Å². The first-order valence-electron chi connectivity index (χ1n) is 23.9. The Bertz CT molecular complexity index is 2880. The molecule has 1 aliphatic rings. The summed E-state index contributed by atoms with van der Waals surface area (Å²) in [6.45, 7) is 12.9. The van der Waals surface area contributed by atoms with E-state index in [0.717, 1.165) is 5.25 Å². The molecule has 0 fully saturated rings. The number of aryl methyl sites for hydroxylation is 3. The van der Waals surface area contributed by atoms with Crippen molar-refractivity contribution in [3.63, 3.8) is 0 Å². The molecule has 0 amide bonds. The quantitative estimate of drug-likeness (QED) is 0.0610. The lowest BCUT2D eigenvalue weighted by molar-refractivity contribution is 0.609. The third kappa shape index (κ3) is 10.2. The molecule has 0 N–H and O–H groups in total. The molecule has 64 heavy (non-hydrogen) atoms. The maximum atomic E-state index is 3.83. The summed E-state index contributed by atoms with van der Waals surface area (Å²) in [5.41, 5.74) is 1.28. The minimum atomic E-state index is 0.750. The van der Waals surface area contributed by atoms with Gasteiger partial charge in [-0.3, -0.25) is 0 Å². The lowest BCUT2D eigenvalue weighted by Gasteiger charge is -2.09. The number of unbranched alkanes of at least 4 members (excludes halogenated alkanes) is 10. The van der Waals surface area contributed by atoms with Crippen molar-refractivity contribution in [1.29, 1.82) is 0 Å². The molecule has 10 rings (SSSR count). The Labute approximate surface area is 406 Å². The van der Waals surface area contributed by atoms with Crippen molar-refractivity contribution in [2.75, 3.05) is 0 Å². The van der Waals surface area contributed by atoms with Gasteiger partial charge < -0.3 is 0 Å². The summed E-state index contributed by atoms with van der Waals surface area (Å²) in [5.74, 6) is 0. The lowest BCUT2D eigenvalue weighted by atomic mass is 9.96. The molecule has 0 spiro atoms. The van der Waals surface area contributed by atoms with Gasteiger partial charge in [0, 0.05) is 69.3 Å². The number of hydrogen-bond acceptors (Lipinski definition) is 6. The van der Waals surface area contributed by atoms with Crippen molar-refractivity contribution in [2.45, 2.75) is 129 Å². The first-order valence-corrected chi connectivity index (χ1v) is 28.9. The summed E-state index contributed by atoms with van der Waals surface area (Å²) < 4.78 is 2.83. The normalized spacial score (nSPS) is 14.1. The second-order valence-corrected chi connectivity index (χ2v) is 24.9. The van der Waals surface area contributed by atoms with E-state index in [-0.39, 0.29) is 0 Å². The van der Waals surface area contributed by atoms with Crippen LogP contribution >= 0.6 is 68.4 Å². The van der Waals surface area contributed by atoms with Gasteiger partial charge in [-0.05, 0) is 119 Å². The summed E-state index contributed by atoms with van der Waals surface area (Å²) in [4.78, 5) is 13.0. The molecular weight excluding hydrogens is 889 g/mol. The van der Waals surface area contributed by atoms with Crippen LogP contribution in [0.4, 0.5) is 0 Å². The maximum Gasteiger partial charge on any atom is 0.0455 e. The minimum Gasteiger partial charge on any atom is -0.139 e. The second kappa shape index (κ2) is 21.4. The van der Waals surface area contributed by atoms with Crippen LogP contribution in [-0.2, 0) is 12.8 Å². The number of allylic oxidation sites excluding steroid dienone is 1. The molecule has 0 saturated carbocycles. The fourth-order valence-corrected chi connectivity index (χ4v) is 16.1. The van der Waals surface area contributed by atoms with E-state index in [1.165, 1.54) is 198 Å². The number of fused-ring (bicyclic) bond motifs is 9. The first-order chi connectivity index (χ1) is 31.4. The monoisotopic (exact) mass is 950 g/mol.